The molecule has 1 aliphatic heterocycles. The van der Waals surface area contributed by atoms with E-state index in [0.29, 0.717) is 13.0 Å². The summed E-state index contributed by atoms with van der Waals surface area (Å²) >= 11 is 0. The molecular weight excluding hydrogens is 258 g/mol. The molecule has 1 aromatic rings. The Morgan fingerprint density at radius 2 is 2.00 bits per heavy atom. The first-order valence-corrected chi connectivity index (χ1v) is 6.68. The summed E-state index contributed by atoms with van der Waals surface area (Å²) in [6, 6.07) is 5.81. The quantitative estimate of drug-likeness (QED) is 0.908. The van der Waals surface area contributed by atoms with Gasteiger partial charge in [0.25, 0.3) is 5.91 Å². The Morgan fingerprint density at radius 1 is 1.35 bits per heavy atom. The van der Waals surface area contributed by atoms with Crippen LogP contribution in [-0.4, -0.2) is 41.6 Å². The summed E-state index contributed by atoms with van der Waals surface area (Å²) in [5.74, 6) is -0.707. The summed E-state index contributed by atoms with van der Waals surface area (Å²) in [4.78, 5) is 24.4. The van der Waals surface area contributed by atoms with E-state index in [-0.39, 0.29) is 19.1 Å². The van der Waals surface area contributed by atoms with Crippen molar-refractivity contribution in [2.75, 3.05) is 19.7 Å². The first-order chi connectivity index (χ1) is 9.49. The lowest BCUT2D eigenvalue weighted by molar-refractivity contribution is -0.141. The van der Waals surface area contributed by atoms with Gasteiger partial charge in [-0.2, -0.15) is 0 Å². The smallest absolute Gasteiger partial charge is 0.308 e. The minimum atomic E-state index is -0.837. The first-order valence-electron chi connectivity index (χ1n) is 6.68. The molecule has 1 atom stereocenters. The fourth-order valence-corrected chi connectivity index (χ4v) is 2.44. The molecule has 1 saturated heterocycles. The van der Waals surface area contributed by atoms with Crippen LogP contribution >= 0.6 is 0 Å². The fourth-order valence-electron chi connectivity index (χ4n) is 2.44. The molecule has 5 heteroatoms. The minimum absolute atomic E-state index is 0.0436. The number of rotatable bonds is 4. The molecule has 1 fully saturated rings. The van der Waals surface area contributed by atoms with Crippen molar-refractivity contribution in [1.82, 2.24) is 4.90 Å². The molecule has 1 aromatic carbocycles. The summed E-state index contributed by atoms with van der Waals surface area (Å²) in [5, 5.41) is 8.92. The lowest BCUT2D eigenvalue weighted by Crippen LogP contribution is -2.34. The van der Waals surface area contributed by atoms with Crippen molar-refractivity contribution >= 4 is 11.9 Å². The molecule has 20 heavy (non-hydrogen) atoms. The highest BCUT2D eigenvalue weighted by atomic mass is 16.5. The van der Waals surface area contributed by atoms with Crippen LogP contribution in [0.5, 0.6) is 5.75 Å². The lowest BCUT2D eigenvalue weighted by Gasteiger charge is -2.17. The molecule has 0 unspecified atom stereocenters. The number of hydrogen-bond donors (Lipinski definition) is 1. The van der Waals surface area contributed by atoms with E-state index in [4.69, 9.17) is 9.84 Å². The van der Waals surface area contributed by atoms with Gasteiger partial charge in [0.15, 0.2) is 6.61 Å². The molecule has 108 valence electrons. The van der Waals surface area contributed by atoms with Crippen molar-refractivity contribution in [2.24, 2.45) is 5.92 Å². The number of nitrogens with zero attached hydrogens (tertiary/aromatic N) is 1. The Morgan fingerprint density at radius 3 is 2.55 bits per heavy atom. The zero-order valence-corrected chi connectivity index (χ0v) is 11.8. The van der Waals surface area contributed by atoms with E-state index >= 15 is 0 Å². The maximum absolute atomic E-state index is 12.0. The summed E-state index contributed by atoms with van der Waals surface area (Å²) in [6.45, 7) is 4.60. The monoisotopic (exact) mass is 277 g/mol. The number of hydrogen-bond acceptors (Lipinski definition) is 3. The van der Waals surface area contributed by atoms with Gasteiger partial charge in [-0.05, 0) is 31.4 Å². The predicted octanol–water partition coefficient (Wildman–Crippen LogP) is 1.62. The normalized spacial score (nSPS) is 18.1. The average molecular weight is 277 g/mol. The number of carboxylic acids is 1. The molecule has 1 N–H and O–H groups in total. The van der Waals surface area contributed by atoms with Crippen molar-refractivity contribution < 1.29 is 19.4 Å². The second kappa shape index (κ2) is 5.94. The Balaban J connectivity index is 1.92. The van der Waals surface area contributed by atoms with Crippen LogP contribution in [-0.2, 0) is 9.59 Å². The molecule has 1 heterocycles. The average Bonchev–Trinajstić information content (AvgIpc) is 2.87. The largest absolute Gasteiger partial charge is 0.483 e. The van der Waals surface area contributed by atoms with Crippen LogP contribution in [0.25, 0.3) is 0 Å². The van der Waals surface area contributed by atoms with Crippen LogP contribution in [0, 0.1) is 19.8 Å². The third kappa shape index (κ3) is 3.10. The number of amides is 1. The zero-order valence-electron chi connectivity index (χ0n) is 11.8. The Hall–Kier alpha value is -2.04. The van der Waals surface area contributed by atoms with Gasteiger partial charge in [0, 0.05) is 13.1 Å². The van der Waals surface area contributed by atoms with E-state index in [1.54, 1.807) is 4.90 Å². The van der Waals surface area contributed by atoms with Gasteiger partial charge < -0.3 is 14.7 Å². The molecule has 1 amide bonds. The van der Waals surface area contributed by atoms with Crippen molar-refractivity contribution in [3.63, 3.8) is 0 Å². The van der Waals surface area contributed by atoms with E-state index in [9.17, 15) is 9.59 Å². The van der Waals surface area contributed by atoms with Crippen LogP contribution in [0.3, 0.4) is 0 Å². The molecule has 0 radical (unpaired) electrons. The van der Waals surface area contributed by atoms with Crippen LogP contribution < -0.4 is 4.74 Å². The maximum atomic E-state index is 12.0. The third-order valence-corrected chi connectivity index (χ3v) is 3.64. The van der Waals surface area contributed by atoms with E-state index in [0.717, 1.165) is 16.9 Å². The number of carboxylic acid groups (broad SMARTS) is 1. The lowest BCUT2D eigenvalue weighted by atomic mass is 10.1. The van der Waals surface area contributed by atoms with Gasteiger partial charge >= 0.3 is 5.97 Å². The molecule has 1 aliphatic rings. The first kappa shape index (κ1) is 14.4. The summed E-state index contributed by atoms with van der Waals surface area (Å²) in [6.07, 6.45) is 0.518. The molecule has 5 nitrogen and oxygen atoms in total. The highest BCUT2D eigenvalue weighted by Crippen LogP contribution is 2.23. The van der Waals surface area contributed by atoms with Gasteiger partial charge in [-0.25, -0.2) is 0 Å². The maximum Gasteiger partial charge on any atom is 0.308 e. The van der Waals surface area contributed by atoms with Crippen LogP contribution in [0.15, 0.2) is 18.2 Å². The molecular formula is C15H19NO4. The summed E-state index contributed by atoms with van der Waals surface area (Å²) < 4.78 is 5.60. The third-order valence-electron chi connectivity index (χ3n) is 3.64. The molecule has 0 aromatic heterocycles. The highest BCUT2D eigenvalue weighted by Gasteiger charge is 2.30. The number of carbonyl (C=O) groups is 2. The fraction of sp³-hybridized carbons (Fsp3) is 0.467. The second-order valence-electron chi connectivity index (χ2n) is 5.17. The molecule has 0 aliphatic carbocycles. The standard InChI is InChI=1S/C15H19NO4/c1-10-4-3-5-11(2)14(10)20-9-13(17)16-7-6-12(8-16)15(18)19/h3-5,12H,6-9H2,1-2H3,(H,18,19)/t12-/m0/s1. The van der Waals surface area contributed by atoms with E-state index in [1.807, 2.05) is 32.0 Å². The molecule has 0 bridgehead atoms. The molecule has 0 spiro atoms. The summed E-state index contributed by atoms with van der Waals surface area (Å²) in [7, 11) is 0. The minimum Gasteiger partial charge on any atom is -0.483 e. The van der Waals surface area contributed by atoms with Crippen LogP contribution in [0.4, 0.5) is 0 Å². The Kier molecular flexibility index (Phi) is 4.27. The van der Waals surface area contributed by atoms with E-state index in [1.165, 1.54) is 0 Å². The molecule has 0 saturated carbocycles. The Bertz CT molecular complexity index is 506. The predicted molar refractivity (Wildman–Crippen MR) is 73.7 cm³/mol. The van der Waals surface area contributed by atoms with Gasteiger partial charge in [0.1, 0.15) is 5.75 Å². The van der Waals surface area contributed by atoms with Gasteiger partial charge in [-0.3, -0.25) is 9.59 Å². The summed E-state index contributed by atoms with van der Waals surface area (Å²) in [5.41, 5.74) is 1.98. The SMILES string of the molecule is Cc1cccc(C)c1OCC(=O)N1CC[C@H](C(=O)O)C1. The van der Waals surface area contributed by atoms with Gasteiger partial charge in [-0.1, -0.05) is 18.2 Å². The van der Waals surface area contributed by atoms with Gasteiger partial charge in [0.2, 0.25) is 0 Å². The van der Waals surface area contributed by atoms with Crippen LogP contribution in [0.1, 0.15) is 17.5 Å². The van der Waals surface area contributed by atoms with Crippen molar-refractivity contribution in [2.45, 2.75) is 20.3 Å². The second-order valence-corrected chi connectivity index (χ2v) is 5.17. The van der Waals surface area contributed by atoms with Crippen molar-refractivity contribution in [3.05, 3.63) is 29.3 Å². The van der Waals surface area contributed by atoms with E-state index in [2.05, 4.69) is 0 Å². The molecule has 2 rings (SSSR count). The van der Waals surface area contributed by atoms with Gasteiger partial charge in [0.05, 0.1) is 5.92 Å². The topological polar surface area (TPSA) is 66.8 Å². The Labute approximate surface area is 118 Å². The highest BCUT2D eigenvalue weighted by molar-refractivity contribution is 5.80. The number of benzene rings is 1. The van der Waals surface area contributed by atoms with Gasteiger partial charge in [-0.15, -0.1) is 0 Å². The zero-order chi connectivity index (χ0) is 14.7. The van der Waals surface area contributed by atoms with Crippen molar-refractivity contribution in [1.29, 1.82) is 0 Å². The van der Waals surface area contributed by atoms with Crippen LogP contribution in [0.2, 0.25) is 0 Å². The van der Waals surface area contributed by atoms with E-state index < -0.39 is 11.9 Å². The number of likely N-dealkylation sites (tertiary alicyclic amines) is 1. The number of aliphatic carboxylic acids is 1. The number of ether oxygens (including phenoxy) is 1. The van der Waals surface area contributed by atoms with Crippen molar-refractivity contribution in [3.8, 4) is 5.75 Å². The number of carbonyl (C=O) groups excluding carboxylic acids is 1. The number of aryl methyl sites for hydroxylation is 2. The number of para-hydroxylation sites is 1.